The number of hydrogen-bond acceptors (Lipinski definition) is 6. The molecule has 1 saturated heterocycles. The third-order valence-corrected chi connectivity index (χ3v) is 9.80. The van der Waals surface area contributed by atoms with Crippen molar-refractivity contribution in [1.82, 2.24) is 25.4 Å². The highest BCUT2D eigenvalue weighted by molar-refractivity contribution is 6.30. The van der Waals surface area contributed by atoms with Gasteiger partial charge in [0.2, 0.25) is 0 Å². The molecule has 4 heterocycles. The minimum absolute atomic E-state index is 0.0581. The molecule has 3 N–H and O–H groups in total. The Morgan fingerprint density at radius 2 is 2.05 bits per heavy atom. The van der Waals surface area contributed by atoms with Crippen LogP contribution in [-0.4, -0.2) is 64.8 Å². The van der Waals surface area contributed by atoms with Crippen LogP contribution in [0.5, 0.6) is 0 Å². The van der Waals surface area contributed by atoms with Crippen molar-refractivity contribution in [2.75, 3.05) is 42.9 Å². The molecule has 8 nitrogen and oxygen atoms in total. The number of nitrogens with zero attached hydrogens (tertiary/aromatic N) is 4. The normalized spacial score (nSPS) is 22.4. The summed E-state index contributed by atoms with van der Waals surface area (Å²) in [5, 5.41) is 14.4. The van der Waals surface area contributed by atoms with E-state index in [1.807, 2.05) is 13.8 Å². The van der Waals surface area contributed by atoms with Gasteiger partial charge in [-0.1, -0.05) is 23.7 Å². The molecular formula is C32H37ClFN7O. The lowest BCUT2D eigenvalue weighted by molar-refractivity contribution is 0.0969. The first-order valence-electron chi connectivity index (χ1n) is 15.0. The number of H-pyrrole nitrogens is 1. The van der Waals surface area contributed by atoms with Crippen LogP contribution >= 0.6 is 11.6 Å². The van der Waals surface area contributed by atoms with Gasteiger partial charge in [-0.05, 0) is 74.6 Å². The zero-order chi connectivity index (χ0) is 29.0. The number of benzene rings is 1. The van der Waals surface area contributed by atoms with Gasteiger partial charge in [-0.3, -0.25) is 19.7 Å². The summed E-state index contributed by atoms with van der Waals surface area (Å²) in [4.78, 5) is 22.6. The summed E-state index contributed by atoms with van der Waals surface area (Å²) in [5.74, 6) is 1.48. The van der Waals surface area contributed by atoms with Crippen molar-refractivity contribution in [3.8, 4) is 0 Å². The maximum absolute atomic E-state index is 15.6. The van der Waals surface area contributed by atoms with E-state index in [2.05, 4.69) is 25.7 Å². The summed E-state index contributed by atoms with van der Waals surface area (Å²) in [6, 6.07) is 7.06. The quantitative estimate of drug-likeness (QED) is 0.309. The number of halogens is 2. The lowest BCUT2D eigenvalue weighted by Crippen LogP contribution is -2.56. The summed E-state index contributed by atoms with van der Waals surface area (Å²) in [5.41, 5.74) is 4.69. The van der Waals surface area contributed by atoms with Crippen LogP contribution in [0.15, 0.2) is 47.9 Å². The van der Waals surface area contributed by atoms with Crippen LogP contribution in [0.1, 0.15) is 66.1 Å². The van der Waals surface area contributed by atoms with Gasteiger partial charge in [-0.2, -0.15) is 5.10 Å². The monoisotopic (exact) mass is 589 g/mol. The molecule has 4 aliphatic rings. The number of allylic oxidation sites excluding steroid dienone is 1. The van der Waals surface area contributed by atoms with E-state index in [1.54, 1.807) is 47.1 Å². The molecule has 2 aliphatic heterocycles. The van der Waals surface area contributed by atoms with Crippen molar-refractivity contribution in [1.29, 1.82) is 0 Å². The SMILES string of the molecule is Cc1c(NC2CN(CC(NCC3CC3)=C3CCC3)C2)ncc2c1[C@@](C)(c1cccc(Cl)c1F)CN(c1ccn[nH]1)C2=O. The van der Waals surface area contributed by atoms with Crippen molar-refractivity contribution in [3.05, 3.63) is 81.0 Å². The van der Waals surface area contributed by atoms with Crippen LogP contribution in [0.3, 0.4) is 0 Å². The van der Waals surface area contributed by atoms with Gasteiger partial charge in [0.25, 0.3) is 5.91 Å². The van der Waals surface area contributed by atoms with Crippen molar-refractivity contribution in [2.24, 2.45) is 5.92 Å². The smallest absolute Gasteiger partial charge is 0.261 e. The molecule has 0 bridgehead atoms. The average molecular weight is 590 g/mol. The maximum atomic E-state index is 15.6. The second-order valence-electron chi connectivity index (χ2n) is 12.6. The van der Waals surface area contributed by atoms with Crippen LogP contribution in [-0.2, 0) is 5.41 Å². The summed E-state index contributed by atoms with van der Waals surface area (Å²) in [6.07, 6.45) is 9.70. The first-order valence-corrected chi connectivity index (χ1v) is 15.4. The zero-order valence-electron chi connectivity index (χ0n) is 24.1. The first kappa shape index (κ1) is 27.4. The fourth-order valence-corrected chi connectivity index (χ4v) is 6.90. The van der Waals surface area contributed by atoms with E-state index in [0.717, 1.165) is 49.0 Å². The molecule has 0 radical (unpaired) electrons. The van der Waals surface area contributed by atoms with E-state index in [1.165, 1.54) is 37.8 Å². The number of carbonyl (C=O) groups is 1. The maximum Gasteiger partial charge on any atom is 0.261 e. The molecule has 2 aliphatic carbocycles. The number of rotatable bonds is 9. The Kier molecular flexibility index (Phi) is 6.97. The lowest BCUT2D eigenvalue weighted by Gasteiger charge is -2.44. The number of likely N-dealkylation sites (tertiary alicyclic amines) is 1. The van der Waals surface area contributed by atoms with Crippen LogP contribution < -0.4 is 15.5 Å². The molecule has 10 heteroatoms. The van der Waals surface area contributed by atoms with E-state index in [0.29, 0.717) is 16.9 Å². The highest BCUT2D eigenvalue weighted by Crippen LogP contribution is 2.45. The molecule has 3 fully saturated rings. The topological polar surface area (TPSA) is 89.2 Å². The number of aromatic nitrogens is 3. The molecule has 42 heavy (non-hydrogen) atoms. The molecule has 1 aromatic carbocycles. The third-order valence-electron chi connectivity index (χ3n) is 9.51. The molecule has 220 valence electrons. The summed E-state index contributed by atoms with van der Waals surface area (Å²) in [6.45, 7) is 8.11. The molecule has 1 atom stereocenters. The van der Waals surface area contributed by atoms with Crippen LogP contribution in [0.25, 0.3) is 0 Å². The zero-order valence-corrected chi connectivity index (χ0v) is 24.9. The predicted molar refractivity (Wildman–Crippen MR) is 163 cm³/mol. The molecular weight excluding hydrogens is 553 g/mol. The number of pyridine rings is 1. The Morgan fingerprint density at radius 3 is 2.74 bits per heavy atom. The Bertz CT molecular complexity index is 1540. The van der Waals surface area contributed by atoms with E-state index in [4.69, 9.17) is 16.6 Å². The van der Waals surface area contributed by atoms with E-state index >= 15 is 4.39 Å². The molecule has 2 aromatic heterocycles. The number of carbonyl (C=O) groups excluding carboxylic acids is 1. The third kappa shape index (κ3) is 4.86. The first-order chi connectivity index (χ1) is 20.3. The molecule has 0 unspecified atom stereocenters. The second-order valence-corrected chi connectivity index (χ2v) is 13.0. The van der Waals surface area contributed by atoms with Gasteiger partial charge in [-0.25, -0.2) is 9.37 Å². The van der Waals surface area contributed by atoms with E-state index < -0.39 is 11.2 Å². The Labute approximate surface area is 250 Å². The standard InChI is InChI=1S/C32H37ClFN7O/c1-19-28-23(31(42)41(27-11-12-37-39-27)18-32(28,2)24-7-4-8-25(33)29(24)34)14-36-30(19)38-22-15-40(16-22)17-26(21-5-3-6-21)35-13-20-9-10-20/h4,7-8,11-12,14,20,22,35H,3,5-6,9-10,13,15-18H2,1-2H3,(H,36,38)(H,37,39)/t32-/m1/s1. The average Bonchev–Trinajstić information content (AvgIpc) is 3.59. The highest BCUT2D eigenvalue weighted by Gasteiger charge is 2.45. The van der Waals surface area contributed by atoms with Gasteiger partial charge < -0.3 is 10.6 Å². The van der Waals surface area contributed by atoms with Gasteiger partial charge in [0.1, 0.15) is 17.5 Å². The van der Waals surface area contributed by atoms with E-state index in [9.17, 15) is 4.79 Å². The number of aromatic amines is 1. The molecule has 2 saturated carbocycles. The minimum Gasteiger partial charge on any atom is -0.387 e. The largest absolute Gasteiger partial charge is 0.387 e. The number of nitrogens with one attached hydrogen (secondary N) is 3. The summed E-state index contributed by atoms with van der Waals surface area (Å²) in [7, 11) is 0. The van der Waals surface area contributed by atoms with Crippen LogP contribution in [0.4, 0.5) is 16.0 Å². The van der Waals surface area contributed by atoms with Crippen molar-refractivity contribution >= 4 is 29.1 Å². The molecule has 1 amide bonds. The van der Waals surface area contributed by atoms with Gasteiger partial charge in [0, 0.05) is 61.7 Å². The van der Waals surface area contributed by atoms with Crippen molar-refractivity contribution < 1.29 is 9.18 Å². The van der Waals surface area contributed by atoms with Crippen molar-refractivity contribution in [2.45, 2.75) is 57.4 Å². The predicted octanol–water partition coefficient (Wildman–Crippen LogP) is 5.41. The van der Waals surface area contributed by atoms with Gasteiger partial charge in [-0.15, -0.1) is 0 Å². The number of fused-ring (bicyclic) bond motifs is 1. The lowest BCUT2D eigenvalue weighted by atomic mass is 9.70. The fraction of sp³-hybridized carbons (Fsp3) is 0.469. The Morgan fingerprint density at radius 1 is 1.24 bits per heavy atom. The van der Waals surface area contributed by atoms with Gasteiger partial charge >= 0.3 is 0 Å². The Balaban J connectivity index is 1.14. The highest BCUT2D eigenvalue weighted by atomic mass is 35.5. The van der Waals surface area contributed by atoms with Crippen LogP contribution in [0, 0.1) is 18.7 Å². The molecule has 3 aromatic rings. The number of hydrogen-bond donors (Lipinski definition) is 3. The number of anilines is 2. The van der Waals surface area contributed by atoms with Crippen LogP contribution in [0.2, 0.25) is 5.02 Å². The second kappa shape index (κ2) is 10.7. The van der Waals surface area contributed by atoms with Gasteiger partial charge in [0.15, 0.2) is 0 Å². The number of amides is 1. The minimum atomic E-state index is -0.879. The molecule has 7 rings (SSSR count). The van der Waals surface area contributed by atoms with E-state index in [-0.39, 0.29) is 23.5 Å². The summed E-state index contributed by atoms with van der Waals surface area (Å²) < 4.78 is 15.6. The Hall–Kier alpha value is -3.43. The van der Waals surface area contributed by atoms with Gasteiger partial charge in [0.05, 0.1) is 22.8 Å². The molecule has 0 spiro atoms. The van der Waals surface area contributed by atoms with Crippen molar-refractivity contribution in [3.63, 3.8) is 0 Å². The fourth-order valence-electron chi connectivity index (χ4n) is 6.73. The summed E-state index contributed by atoms with van der Waals surface area (Å²) >= 11 is 6.26.